The minimum atomic E-state index is -1.28. The number of nitrogens with zero attached hydrogens (tertiary/aromatic N) is 2. The molecule has 0 radical (unpaired) electrons. The van der Waals surface area contributed by atoms with Gasteiger partial charge in [-0.15, -0.1) is 0 Å². The Morgan fingerprint density at radius 2 is 1.85 bits per heavy atom. The zero-order valence-corrected chi connectivity index (χ0v) is 20.4. The lowest BCUT2D eigenvalue weighted by atomic mass is 9.73. The third kappa shape index (κ3) is 3.98. The molecule has 4 aliphatic rings. The SMILES string of the molecule is CCCCCN1CC=C[C@]23O[C@@]4(CC)/C=C\CCCCOC(=O)[C@H]4[C@H]2C(=O)N(CCO)C3C1=O. The summed E-state index contributed by atoms with van der Waals surface area (Å²) in [6.45, 7) is 5.14. The van der Waals surface area contributed by atoms with Crippen LogP contribution < -0.4 is 0 Å². The fraction of sp³-hybridized carbons (Fsp3) is 0.731. The Hall–Kier alpha value is -2.19. The number of β-amino-alcohol motifs (C(OH)–C–C–N with tert-alkyl or cyclic N) is 1. The van der Waals surface area contributed by atoms with E-state index < -0.39 is 35.0 Å². The summed E-state index contributed by atoms with van der Waals surface area (Å²) in [4.78, 5) is 44.4. The first-order chi connectivity index (χ1) is 16.5. The third-order valence-corrected chi connectivity index (χ3v) is 7.84. The fourth-order valence-corrected chi connectivity index (χ4v) is 6.19. The van der Waals surface area contributed by atoms with Crippen molar-refractivity contribution in [3.8, 4) is 0 Å². The largest absolute Gasteiger partial charge is 0.465 e. The van der Waals surface area contributed by atoms with Crippen LogP contribution >= 0.6 is 0 Å². The number of unbranched alkanes of at least 4 members (excludes halogenated alkanes) is 2. The van der Waals surface area contributed by atoms with E-state index in [-0.39, 0.29) is 25.0 Å². The number of fused-ring (bicyclic) bond motifs is 2. The highest BCUT2D eigenvalue weighted by Crippen LogP contribution is 2.58. The lowest BCUT2D eigenvalue weighted by Gasteiger charge is -2.38. The van der Waals surface area contributed by atoms with E-state index in [2.05, 4.69) is 6.92 Å². The van der Waals surface area contributed by atoms with Crippen molar-refractivity contribution in [3.05, 3.63) is 24.3 Å². The van der Waals surface area contributed by atoms with E-state index >= 15 is 0 Å². The minimum Gasteiger partial charge on any atom is -0.465 e. The molecule has 4 aliphatic heterocycles. The summed E-state index contributed by atoms with van der Waals surface area (Å²) in [5.74, 6) is -2.68. The van der Waals surface area contributed by atoms with Crippen LogP contribution in [0, 0.1) is 11.8 Å². The van der Waals surface area contributed by atoms with Gasteiger partial charge in [0.15, 0.2) is 0 Å². The van der Waals surface area contributed by atoms with E-state index in [0.29, 0.717) is 26.1 Å². The number of hydrogen-bond donors (Lipinski definition) is 1. The van der Waals surface area contributed by atoms with Gasteiger partial charge < -0.3 is 24.4 Å². The number of carbonyl (C=O) groups is 3. The van der Waals surface area contributed by atoms with Gasteiger partial charge in [0.2, 0.25) is 11.8 Å². The summed E-state index contributed by atoms with van der Waals surface area (Å²) in [6, 6.07) is -0.917. The molecule has 2 amide bonds. The number of ether oxygens (including phenoxy) is 2. The summed E-state index contributed by atoms with van der Waals surface area (Å²) in [5, 5.41) is 9.74. The average Bonchev–Trinajstić information content (AvgIpc) is 3.18. The van der Waals surface area contributed by atoms with Crippen molar-refractivity contribution >= 4 is 17.8 Å². The van der Waals surface area contributed by atoms with E-state index in [9.17, 15) is 19.5 Å². The number of aliphatic hydroxyl groups excluding tert-OH is 1. The maximum atomic E-state index is 13.9. The van der Waals surface area contributed by atoms with Gasteiger partial charge in [0.25, 0.3) is 0 Å². The van der Waals surface area contributed by atoms with Gasteiger partial charge in [-0.1, -0.05) is 51.0 Å². The van der Waals surface area contributed by atoms with E-state index in [1.54, 1.807) is 4.90 Å². The van der Waals surface area contributed by atoms with Crippen molar-refractivity contribution in [1.29, 1.82) is 0 Å². The molecule has 2 saturated heterocycles. The lowest BCUT2D eigenvalue weighted by molar-refractivity contribution is -0.161. The highest BCUT2D eigenvalue weighted by atomic mass is 16.6. The molecule has 34 heavy (non-hydrogen) atoms. The molecule has 0 aromatic heterocycles. The second-order valence-electron chi connectivity index (χ2n) is 9.84. The van der Waals surface area contributed by atoms with Crippen LogP contribution in [0.25, 0.3) is 0 Å². The molecular weight excluding hydrogens is 436 g/mol. The molecule has 0 saturated carbocycles. The van der Waals surface area contributed by atoms with Crippen LogP contribution in [0.1, 0.15) is 58.8 Å². The first kappa shape index (κ1) is 24.9. The van der Waals surface area contributed by atoms with Crippen LogP contribution in [-0.2, 0) is 23.9 Å². The van der Waals surface area contributed by atoms with E-state index in [1.165, 1.54) is 4.90 Å². The van der Waals surface area contributed by atoms with Crippen molar-refractivity contribution in [2.45, 2.75) is 76.0 Å². The predicted molar refractivity (Wildman–Crippen MR) is 126 cm³/mol. The fourth-order valence-electron chi connectivity index (χ4n) is 6.19. The Kier molecular flexibility index (Phi) is 7.48. The van der Waals surface area contributed by atoms with Gasteiger partial charge in [-0.2, -0.15) is 0 Å². The topological polar surface area (TPSA) is 96.4 Å². The number of aliphatic hydroxyl groups is 1. The molecular formula is C26H38N2O6. The second kappa shape index (κ2) is 10.2. The average molecular weight is 475 g/mol. The molecule has 1 N–H and O–H groups in total. The predicted octanol–water partition coefficient (Wildman–Crippen LogP) is 2.21. The standard InChI is InChI=1S/C26H38N2O6/c1-3-5-9-14-27-15-11-13-26-19(22(30)28(16-17-29)21(26)23(27)31)20-24(32)33-18-10-7-6-8-12-25(20,4-2)34-26/h8,11-13,19-21,29H,3-7,9-10,14-18H2,1-2H3/b12-8-/t19-,20+,21?,25-,26-/m0/s1. The minimum absolute atomic E-state index is 0.0181. The number of allylic oxidation sites excluding steroid dienone is 1. The molecule has 1 unspecified atom stereocenters. The Labute approximate surface area is 201 Å². The number of cyclic esters (lactones) is 1. The Morgan fingerprint density at radius 3 is 2.59 bits per heavy atom. The molecule has 188 valence electrons. The molecule has 8 heteroatoms. The van der Waals surface area contributed by atoms with Gasteiger partial charge in [0.05, 0.1) is 19.1 Å². The van der Waals surface area contributed by atoms with Gasteiger partial charge in [0, 0.05) is 19.6 Å². The maximum Gasteiger partial charge on any atom is 0.313 e. The molecule has 5 atom stereocenters. The summed E-state index contributed by atoms with van der Waals surface area (Å²) >= 11 is 0. The highest BCUT2D eigenvalue weighted by molar-refractivity contribution is 5.99. The summed E-state index contributed by atoms with van der Waals surface area (Å²) < 4.78 is 12.5. The molecule has 4 heterocycles. The zero-order chi connectivity index (χ0) is 24.3. The van der Waals surface area contributed by atoms with Crippen molar-refractivity contribution in [1.82, 2.24) is 9.80 Å². The Morgan fingerprint density at radius 1 is 1.03 bits per heavy atom. The quantitative estimate of drug-likeness (QED) is 0.345. The number of carbonyl (C=O) groups excluding carboxylic acids is 3. The highest BCUT2D eigenvalue weighted by Gasteiger charge is 2.75. The van der Waals surface area contributed by atoms with Crippen LogP contribution in [0.5, 0.6) is 0 Å². The number of amides is 2. The van der Waals surface area contributed by atoms with Gasteiger partial charge in [-0.3, -0.25) is 14.4 Å². The Balaban J connectivity index is 1.81. The van der Waals surface area contributed by atoms with Crippen LogP contribution in [0.4, 0.5) is 0 Å². The monoisotopic (exact) mass is 474 g/mol. The van der Waals surface area contributed by atoms with Crippen LogP contribution in [0.15, 0.2) is 24.3 Å². The molecule has 0 bridgehead atoms. The number of rotatable bonds is 7. The van der Waals surface area contributed by atoms with Gasteiger partial charge in [-0.25, -0.2) is 0 Å². The normalized spacial score (nSPS) is 36.6. The summed E-state index contributed by atoms with van der Waals surface area (Å²) in [7, 11) is 0. The number of hydrogen-bond acceptors (Lipinski definition) is 6. The lowest BCUT2D eigenvalue weighted by Crippen LogP contribution is -2.56. The van der Waals surface area contributed by atoms with Crippen LogP contribution in [0.3, 0.4) is 0 Å². The zero-order valence-electron chi connectivity index (χ0n) is 20.4. The van der Waals surface area contributed by atoms with Gasteiger partial charge in [0.1, 0.15) is 23.2 Å². The van der Waals surface area contributed by atoms with E-state index in [4.69, 9.17) is 9.47 Å². The molecule has 1 spiro atoms. The first-order valence-electron chi connectivity index (χ1n) is 12.9. The number of esters is 1. The van der Waals surface area contributed by atoms with Crippen molar-refractivity contribution in [3.63, 3.8) is 0 Å². The van der Waals surface area contributed by atoms with Crippen LogP contribution in [0.2, 0.25) is 0 Å². The van der Waals surface area contributed by atoms with Crippen molar-refractivity contribution in [2.75, 3.05) is 32.8 Å². The summed E-state index contributed by atoms with van der Waals surface area (Å²) in [6.07, 6.45) is 13.6. The van der Waals surface area contributed by atoms with Crippen molar-refractivity contribution in [2.24, 2.45) is 11.8 Å². The first-order valence-corrected chi connectivity index (χ1v) is 12.9. The molecule has 0 aromatic carbocycles. The molecule has 0 aliphatic carbocycles. The van der Waals surface area contributed by atoms with Crippen LogP contribution in [-0.4, -0.2) is 82.8 Å². The summed E-state index contributed by atoms with van der Waals surface area (Å²) in [5.41, 5.74) is -2.30. The van der Waals surface area contributed by atoms with Crippen molar-refractivity contribution < 1.29 is 29.0 Å². The molecule has 4 rings (SSSR count). The van der Waals surface area contributed by atoms with E-state index in [1.807, 2.05) is 31.2 Å². The van der Waals surface area contributed by atoms with Gasteiger partial charge >= 0.3 is 5.97 Å². The van der Waals surface area contributed by atoms with Gasteiger partial charge in [-0.05, 0) is 32.1 Å². The maximum absolute atomic E-state index is 13.9. The Bertz CT molecular complexity index is 856. The molecule has 2 fully saturated rings. The van der Waals surface area contributed by atoms with E-state index in [0.717, 1.165) is 38.5 Å². The third-order valence-electron chi connectivity index (χ3n) is 7.84. The molecule has 0 aromatic rings. The smallest absolute Gasteiger partial charge is 0.313 e. The number of likely N-dealkylation sites (tertiary alicyclic amines) is 1. The molecule has 8 nitrogen and oxygen atoms in total. The second-order valence-corrected chi connectivity index (χ2v) is 9.84.